The number of rotatable bonds is 4. The Morgan fingerprint density at radius 3 is 2.31 bits per heavy atom. The minimum Gasteiger partial charge on any atom is -0.870 e. The van der Waals surface area contributed by atoms with Crippen molar-refractivity contribution in [2.24, 2.45) is 10.2 Å². The van der Waals surface area contributed by atoms with Crippen molar-refractivity contribution in [2.75, 3.05) is 0 Å². The fourth-order valence-electron chi connectivity index (χ4n) is 2.58. The Hall–Kier alpha value is -1.30. The standard InChI is InChI=1S/C18H14N2O6S.2Na/c1-10-6-7-14(15(8-10)27(24,25)26)19-20-16-12-5-3-2-4-11(12)9-13(17(16)21)18(22)23;;/h2-9,21H,1H3,(H,22,23)(H,24,25,26);;/p-2. The van der Waals surface area contributed by atoms with Crippen LogP contribution >= 0.6 is 0 Å². The van der Waals surface area contributed by atoms with Crippen molar-refractivity contribution in [1.82, 2.24) is 0 Å². The molecule has 3 rings (SSSR count). The van der Waals surface area contributed by atoms with Crippen molar-refractivity contribution in [2.45, 2.75) is 11.8 Å². The number of azo groups is 1. The van der Waals surface area contributed by atoms with Crippen LogP contribution in [0.3, 0.4) is 0 Å². The Morgan fingerprint density at radius 1 is 1.03 bits per heavy atom. The van der Waals surface area contributed by atoms with Crippen LogP contribution in [0, 0.1) is 6.92 Å². The molecule has 0 heterocycles. The minimum atomic E-state index is -4.81. The van der Waals surface area contributed by atoms with Gasteiger partial charge in [0, 0.05) is 64.5 Å². The van der Waals surface area contributed by atoms with Crippen LogP contribution in [0.25, 0.3) is 10.8 Å². The Bertz CT molecular complexity index is 1210. The number of carboxylic acids is 1. The minimum absolute atomic E-state index is 0. The van der Waals surface area contributed by atoms with Gasteiger partial charge in [0.15, 0.2) is 0 Å². The molecule has 0 bridgehead atoms. The van der Waals surface area contributed by atoms with Crippen LogP contribution in [-0.4, -0.2) is 83.2 Å². The monoisotopic (exact) mass is 430 g/mol. The van der Waals surface area contributed by atoms with E-state index < -0.39 is 32.3 Å². The Kier molecular flexibility index (Phi) is 9.00. The van der Waals surface area contributed by atoms with E-state index in [1.807, 2.05) is 0 Å². The quantitative estimate of drug-likeness (QED) is 0.383. The van der Waals surface area contributed by atoms with E-state index in [1.54, 1.807) is 31.2 Å². The maximum atomic E-state index is 12.5. The summed E-state index contributed by atoms with van der Waals surface area (Å²) in [5, 5.41) is 30.1. The number of aromatic carboxylic acids is 1. The summed E-state index contributed by atoms with van der Waals surface area (Å²) in [4.78, 5) is 10.8. The summed E-state index contributed by atoms with van der Waals surface area (Å²) in [6, 6.07) is 11.7. The van der Waals surface area contributed by atoms with Crippen LogP contribution in [0.4, 0.5) is 11.4 Å². The summed E-state index contributed by atoms with van der Waals surface area (Å²) in [6.45, 7) is 1.61. The Labute approximate surface area is 211 Å². The molecule has 0 aromatic heterocycles. The first-order valence-electron chi connectivity index (χ1n) is 7.63. The van der Waals surface area contributed by atoms with Gasteiger partial charge in [-0.15, -0.1) is 5.11 Å². The number of nitrogens with zero attached hydrogens (tertiary/aromatic N) is 2. The predicted molar refractivity (Wildman–Crippen MR) is 105 cm³/mol. The van der Waals surface area contributed by atoms with Gasteiger partial charge in [-0.2, -0.15) is 5.11 Å². The number of carbonyl (C=O) groups is 1. The molecule has 8 nitrogen and oxygen atoms in total. The number of benzene rings is 3. The predicted octanol–water partition coefficient (Wildman–Crippen LogP) is 2.48. The summed E-state index contributed by atoms with van der Waals surface area (Å²) >= 11 is 0. The number of hydrogen-bond acceptors (Lipinski definition) is 7. The van der Waals surface area contributed by atoms with E-state index in [1.165, 1.54) is 18.2 Å². The fraction of sp³-hybridized carbons (Fsp3) is 0.0556. The van der Waals surface area contributed by atoms with Crippen molar-refractivity contribution < 1.29 is 28.0 Å². The molecule has 0 saturated heterocycles. The molecule has 140 valence electrons. The maximum absolute atomic E-state index is 12.5. The molecule has 11 heteroatoms. The number of hydrogen-bond donors (Lipinski definition) is 1. The first-order chi connectivity index (χ1) is 12.7. The molecule has 0 aliphatic rings. The van der Waals surface area contributed by atoms with E-state index in [-0.39, 0.29) is 70.5 Å². The fourth-order valence-corrected chi connectivity index (χ4v) is 3.27. The smallest absolute Gasteiger partial charge is 0.335 e. The van der Waals surface area contributed by atoms with Crippen molar-refractivity contribution in [1.29, 1.82) is 0 Å². The molecule has 0 saturated carbocycles. The van der Waals surface area contributed by atoms with Crippen LogP contribution in [0.15, 0.2) is 63.7 Å². The third-order valence-corrected chi connectivity index (χ3v) is 4.71. The molecular formula is C18H12N2Na2O6S-2. The number of aryl methyl sites for hydroxylation is 1. The van der Waals surface area contributed by atoms with Crippen molar-refractivity contribution in [3.63, 3.8) is 0 Å². The zero-order valence-corrected chi connectivity index (χ0v) is 20.7. The third-order valence-electron chi connectivity index (χ3n) is 3.85. The Balaban J connectivity index is 0.00000210. The summed E-state index contributed by atoms with van der Waals surface area (Å²) < 4.78 is 34.3. The van der Waals surface area contributed by atoms with E-state index >= 15 is 0 Å². The molecule has 0 spiro atoms. The van der Waals surface area contributed by atoms with E-state index in [4.69, 9.17) is 0 Å². The first kappa shape index (κ1) is 25.7. The van der Waals surface area contributed by atoms with Gasteiger partial charge < -0.3 is 14.8 Å². The van der Waals surface area contributed by atoms with Gasteiger partial charge in [0.2, 0.25) is 0 Å². The molecule has 1 N–H and O–H groups in total. The van der Waals surface area contributed by atoms with Gasteiger partial charge in [0.05, 0.1) is 16.1 Å². The van der Waals surface area contributed by atoms with Gasteiger partial charge in [-0.1, -0.05) is 36.1 Å². The second kappa shape index (κ2) is 10.1. The van der Waals surface area contributed by atoms with Gasteiger partial charge in [0.1, 0.15) is 15.8 Å². The molecule has 3 aromatic rings. The van der Waals surface area contributed by atoms with Gasteiger partial charge in [-0.3, -0.25) is 0 Å². The molecule has 0 amide bonds. The van der Waals surface area contributed by atoms with E-state index in [0.717, 1.165) is 6.07 Å². The van der Waals surface area contributed by atoms with Crippen LogP contribution in [0.2, 0.25) is 0 Å². The van der Waals surface area contributed by atoms with Gasteiger partial charge in [-0.05, 0) is 36.1 Å². The van der Waals surface area contributed by atoms with Crippen LogP contribution in [0.1, 0.15) is 15.9 Å². The average molecular weight is 430 g/mol. The molecule has 3 aromatic carbocycles. The van der Waals surface area contributed by atoms with Crippen molar-refractivity contribution in [3.05, 3.63) is 59.7 Å². The van der Waals surface area contributed by atoms with Crippen molar-refractivity contribution >= 4 is 97.3 Å². The normalized spacial score (nSPS) is 11.1. The first-order valence-corrected chi connectivity index (χ1v) is 9.03. The molecule has 0 aliphatic heterocycles. The van der Waals surface area contributed by atoms with E-state index in [2.05, 4.69) is 10.2 Å². The summed E-state index contributed by atoms with van der Waals surface area (Å²) in [7, 11) is -4.81. The molecule has 0 aliphatic carbocycles. The number of fused-ring (bicyclic) bond motifs is 1. The van der Waals surface area contributed by atoms with Crippen LogP contribution < -0.4 is 5.11 Å². The topological polar surface area (TPSA) is 142 Å². The second-order valence-corrected chi connectivity index (χ2v) is 7.10. The molecule has 0 unspecified atom stereocenters. The average Bonchev–Trinajstić information content (AvgIpc) is 2.60. The molecule has 2 radical (unpaired) electrons. The van der Waals surface area contributed by atoms with E-state index in [9.17, 15) is 28.0 Å². The van der Waals surface area contributed by atoms with Crippen LogP contribution in [0.5, 0.6) is 5.75 Å². The third kappa shape index (κ3) is 5.65. The summed E-state index contributed by atoms with van der Waals surface area (Å²) in [6.07, 6.45) is 0. The Morgan fingerprint density at radius 2 is 1.69 bits per heavy atom. The zero-order chi connectivity index (χ0) is 19.8. The van der Waals surface area contributed by atoms with Gasteiger partial charge >= 0.3 is 5.97 Å². The van der Waals surface area contributed by atoms with Gasteiger partial charge in [-0.25, -0.2) is 13.2 Å². The maximum Gasteiger partial charge on any atom is 0.335 e. The van der Waals surface area contributed by atoms with Crippen molar-refractivity contribution in [3.8, 4) is 5.75 Å². The summed E-state index contributed by atoms with van der Waals surface area (Å²) in [5.41, 5.74) is -0.436. The number of carboxylic acid groups (broad SMARTS) is 1. The largest absolute Gasteiger partial charge is 0.870 e. The molecule has 0 fully saturated rings. The SMILES string of the molecule is Cc1ccc(N=Nc2c([O-])c(C(=O)O)cc3ccccc23)c(S(=O)(=O)[O-])c1.[Na].[Na]. The zero-order valence-electron chi connectivity index (χ0n) is 15.9. The molecule has 29 heavy (non-hydrogen) atoms. The molecule has 0 atom stereocenters. The van der Waals surface area contributed by atoms with Crippen LogP contribution in [-0.2, 0) is 10.1 Å². The second-order valence-electron chi connectivity index (χ2n) is 5.75. The summed E-state index contributed by atoms with van der Waals surface area (Å²) in [5.74, 6) is -2.27. The van der Waals surface area contributed by atoms with E-state index in [0.29, 0.717) is 16.3 Å². The van der Waals surface area contributed by atoms with Gasteiger partial charge in [0.25, 0.3) is 0 Å². The molecular weight excluding hydrogens is 418 g/mol.